The number of amides is 2. The van der Waals surface area contributed by atoms with Gasteiger partial charge in [0, 0.05) is 30.9 Å². The van der Waals surface area contributed by atoms with Crippen molar-refractivity contribution in [3.8, 4) is 0 Å². The summed E-state index contributed by atoms with van der Waals surface area (Å²) in [6, 6.07) is 5.51. The second kappa shape index (κ2) is 9.17. The topological polar surface area (TPSA) is 70.7 Å². The van der Waals surface area contributed by atoms with Crippen LogP contribution in [0.4, 0.5) is 5.69 Å². The predicted octanol–water partition coefficient (Wildman–Crippen LogP) is 1.83. The molecule has 2 heterocycles. The van der Waals surface area contributed by atoms with Crippen LogP contribution in [-0.2, 0) is 9.53 Å². The molecular weight excluding hydrogens is 342 g/mol. The first-order valence-corrected chi connectivity index (χ1v) is 8.64. The Morgan fingerprint density at radius 1 is 1.28 bits per heavy atom. The van der Waals surface area contributed by atoms with E-state index in [9.17, 15) is 9.59 Å². The normalized spacial score (nSPS) is 20.5. The smallest absolute Gasteiger partial charge is 0.254 e. The quantitative estimate of drug-likeness (QED) is 0.855. The molecule has 2 aliphatic heterocycles. The molecule has 1 atom stereocenters. The van der Waals surface area contributed by atoms with Gasteiger partial charge in [-0.3, -0.25) is 9.59 Å². The van der Waals surface area contributed by atoms with Gasteiger partial charge in [0.1, 0.15) is 0 Å². The van der Waals surface area contributed by atoms with Crippen LogP contribution in [0.5, 0.6) is 0 Å². The lowest BCUT2D eigenvalue weighted by molar-refractivity contribution is -0.120. The standard InChI is InChI=1S/C18H25N3O3.ClH/c1-13-4-5-14(18(23)21-7-9-24-10-8-21)11-16(13)20-17(22)15-3-2-6-19-12-15;/h4-5,11,15,19H,2-3,6-10,12H2,1H3,(H,20,22);1H. The van der Waals surface area contributed by atoms with Gasteiger partial charge in [0.2, 0.25) is 5.91 Å². The number of nitrogens with one attached hydrogen (secondary N) is 2. The molecule has 2 N–H and O–H groups in total. The van der Waals surface area contributed by atoms with Crippen LogP contribution in [0.25, 0.3) is 0 Å². The molecule has 1 aromatic rings. The second-order valence-corrected chi connectivity index (χ2v) is 6.47. The Labute approximate surface area is 154 Å². The fourth-order valence-electron chi connectivity index (χ4n) is 3.15. The van der Waals surface area contributed by atoms with Crippen molar-refractivity contribution in [2.45, 2.75) is 19.8 Å². The van der Waals surface area contributed by atoms with E-state index < -0.39 is 0 Å². The lowest BCUT2D eigenvalue weighted by Gasteiger charge is -2.27. The molecule has 3 rings (SSSR count). The highest BCUT2D eigenvalue weighted by Gasteiger charge is 2.23. The van der Waals surface area contributed by atoms with Crippen molar-refractivity contribution in [3.05, 3.63) is 29.3 Å². The molecule has 7 heteroatoms. The molecule has 2 aliphatic rings. The number of carbonyl (C=O) groups excluding carboxylic acids is 2. The number of halogens is 1. The SMILES string of the molecule is Cc1ccc(C(=O)N2CCOCC2)cc1NC(=O)C1CCCNC1.Cl. The molecule has 1 unspecified atom stereocenters. The highest BCUT2D eigenvalue weighted by Crippen LogP contribution is 2.21. The molecule has 6 nitrogen and oxygen atoms in total. The van der Waals surface area contributed by atoms with E-state index in [-0.39, 0.29) is 30.1 Å². The number of benzene rings is 1. The molecule has 0 spiro atoms. The number of rotatable bonds is 3. The van der Waals surface area contributed by atoms with Crippen molar-refractivity contribution in [2.24, 2.45) is 5.92 Å². The second-order valence-electron chi connectivity index (χ2n) is 6.47. The third-order valence-corrected chi connectivity index (χ3v) is 4.71. The maximum Gasteiger partial charge on any atom is 0.254 e. The Balaban J connectivity index is 0.00000225. The summed E-state index contributed by atoms with van der Waals surface area (Å²) in [5.41, 5.74) is 2.30. The third-order valence-electron chi connectivity index (χ3n) is 4.71. The molecule has 2 amide bonds. The van der Waals surface area contributed by atoms with Gasteiger partial charge in [-0.05, 0) is 44.0 Å². The van der Waals surface area contributed by atoms with Crippen molar-refractivity contribution in [3.63, 3.8) is 0 Å². The Bertz CT molecular complexity index is 612. The van der Waals surface area contributed by atoms with Gasteiger partial charge in [0.05, 0.1) is 19.1 Å². The van der Waals surface area contributed by atoms with Crippen molar-refractivity contribution in [2.75, 3.05) is 44.7 Å². The van der Waals surface area contributed by atoms with Gasteiger partial charge in [0.15, 0.2) is 0 Å². The molecule has 0 radical (unpaired) electrons. The number of hydrogen-bond acceptors (Lipinski definition) is 4. The Morgan fingerprint density at radius 2 is 2.04 bits per heavy atom. The summed E-state index contributed by atoms with van der Waals surface area (Å²) in [7, 11) is 0. The molecule has 0 saturated carbocycles. The summed E-state index contributed by atoms with van der Waals surface area (Å²) >= 11 is 0. The molecule has 2 fully saturated rings. The molecular formula is C18H26ClN3O3. The highest BCUT2D eigenvalue weighted by molar-refractivity contribution is 5.98. The van der Waals surface area contributed by atoms with E-state index in [4.69, 9.17) is 4.74 Å². The largest absolute Gasteiger partial charge is 0.378 e. The number of ether oxygens (including phenoxy) is 1. The minimum Gasteiger partial charge on any atom is -0.378 e. The van der Waals surface area contributed by atoms with Gasteiger partial charge in [0.25, 0.3) is 5.91 Å². The summed E-state index contributed by atoms with van der Waals surface area (Å²) in [5, 5.41) is 6.26. The summed E-state index contributed by atoms with van der Waals surface area (Å²) in [6.45, 7) is 6.03. The molecule has 0 aliphatic carbocycles. The van der Waals surface area contributed by atoms with Crippen LogP contribution in [0.1, 0.15) is 28.8 Å². The summed E-state index contributed by atoms with van der Waals surface area (Å²) in [6.07, 6.45) is 1.93. The minimum atomic E-state index is -0.00636. The average molecular weight is 368 g/mol. The predicted molar refractivity (Wildman–Crippen MR) is 99.4 cm³/mol. The van der Waals surface area contributed by atoms with Crippen LogP contribution in [0.3, 0.4) is 0 Å². The van der Waals surface area contributed by atoms with Gasteiger partial charge in [-0.2, -0.15) is 0 Å². The molecule has 138 valence electrons. The van der Waals surface area contributed by atoms with E-state index in [1.54, 1.807) is 11.0 Å². The number of morpholine rings is 1. The first-order valence-electron chi connectivity index (χ1n) is 8.64. The molecule has 25 heavy (non-hydrogen) atoms. The summed E-state index contributed by atoms with van der Waals surface area (Å²) in [5.74, 6) is 0.0196. The average Bonchev–Trinajstić information content (AvgIpc) is 2.64. The number of aryl methyl sites for hydroxylation is 1. The Kier molecular flexibility index (Phi) is 7.23. The maximum absolute atomic E-state index is 12.6. The van der Waals surface area contributed by atoms with Crippen LogP contribution in [0.15, 0.2) is 18.2 Å². The summed E-state index contributed by atoms with van der Waals surface area (Å²) < 4.78 is 5.29. The van der Waals surface area contributed by atoms with Crippen molar-refractivity contribution in [1.29, 1.82) is 0 Å². The first kappa shape index (κ1) is 19.7. The number of piperidine rings is 1. The molecule has 2 saturated heterocycles. The summed E-state index contributed by atoms with van der Waals surface area (Å²) in [4.78, 5) is 26.8. The molecule has 1 aromatic carbocycles. The van der Waals surface area contributed by atoms with E-state index in [2.05, 4.69) is 10.6 Å². The van der Waals surface area contributed by atoms with Crippen LogP contribution in [0.2, 0.25) is 0 Å². The minimum absolute atomic E-state index is 0. The van der Waals surface area contributed by atoms with E-state index >= 15 is 0 Å². The van der Waals surface area contributed by atoms with Crippen LogP contribution < -0.4 is 10.6 Å². The van der Waals surface area contributed by atoms with E-state index in [1.165, 1.54) is 0 Å². The highest BCUT2D eigenvalue weighted by atomic mass is 35.5. The lowest BCUT2D eigenvalue weighted by atomic mass is 9.98. The van der Waals surface area contributed by atoms with Gasteiger partial charge < -0.3 is 20.3 Å². The Morgan fingerprint density at radius 3 is 2.72 bits per heavy atom. The van der Waals surface area contributed by atoms with Crippen molar-refractivity contribution in [1.82, 2.24) is 10.2 Å². The number of anilines is 1. The number of nitrogens with zero attached hydrogens (tertiary/aromatic N) is 1. The zero-order valence-corrected chi connectivity index (χ0v) is 15.4. The van der Waals surface area contributed by atoms with Gasteiger partial charge in [-0.25, -0.2) is 0 Å². The third kappa shape index (κ3) is 4.93. The fraction of sp³-hybridized carbons (Fsp3) is 0.556. The fourth-order valence-corrected chi connectivity index (χ4v) is 3.15. The Hall–Kier alpha value is -1.63. The number of hydrogen-bond donors (Lipinski definition) is 2. The van der Waals surface area contributed by atoms with Crippen LogP contribution in [-0.4, -0.2) is 56.1 Å². The molecule has 0 bridgehead atoms. The van der Waals surface area contributed by atoms with Crippen molar-refractivity contribution < 1.29 is 14.3 Å². The van der Waals surface area contributed by atoms with E-state index in [0.717, 1.165) is 37.2 Å². The maximum atomic E-state index is 12.6. The van der Waals surface area contributed by atoms with Crippen LogP contribution >= 0.6 is 12.4 Å². The van der Waals surface area contributed by atoms with Gasteiger partial charge >= 0.3 is 0 Å². The van der Waals surface area contributed by atoms with E-state index in [0.29, 0.717) is 31.9 Å². The first-order chi connectivity index (χ1) is 11.6. The lowest BCUT2D eigenvalue weighted by Crippen LogP contribution is -2.40. The zero-order chi connectivity index (χ0) is 16.9. The van der Waals surface area contributed by atoms with Gasteiger partial charge in [-0.15, -0.1) is 12.4 Å². The zero-order valence-electron chi connectivity index (χ0n) is 14.5. The van der Waals surface area contributed by atoms with Crippen LogP contribution in [0, 0.1) is 12.8 Å². The number of carbonyl (C=O) groups is 2. The van der Waals surface area contributed by atoms with E-state index in [1.807, 2.05) is 19.1 Å². The molecule has 0 aromatic heterocycles. The monoisotopic (exact) mass is 367 g/mol. The van der Waals surface area contributed by atoms with Crippen molar-refractivity contribution >= 4 is 29.9 Å². The van der Waals surface area contributed by atoms with Gasteiger partial charge in [-0.1, -0.05) is 6.07 Å².